The number of hydrogen-bond donors (Lipinski definition) is 0. The van der Waals surface area contributed by atoms with Crippen LogP contribution in [0.25, 0.3) is 0 Å². The molecule has 2 aromatic rings. The molecule has 0 spiro atoms. The second-order valence-corrected chi connectivity index (χ2v) is 10.3. The lowest BCUT2D eigenvalue weighted by Crippen LogP contribution is -2.13. The first-order valence-electron chi connectivity index (χ1n) is 14.4. The van der Waals surface area contributed by atoms with Gasteiger partial charge in [0.25, 0.3) is 0 Å². The number of rotatable bonds is 16. The van der Waals surface area contributed by atoms with Gasteiger partial charge in [0, 0.05) is 6.08 Å². The molecule has 0 amide bonds. The lowest BCUT2D eigenvalue weighted by atomic mass is 9.77. The van der Waals surface area contributed by atoms with E-state index in [0.717, 1.165) is 37.4 Å². The third-order valence-corrected chi connectivity index (χ3v) is 7.43. The fourth-order valence-electron chi connectivity index (χ4n) is 5.11. The summed E-state index contributed by atoms with van der Waals surface area (Å²) in [5.41, 5.74) is 1.85. The molecule has 0 saturated heterocycles. The lowest BCUT2D eigenvalue weighted by Gasteiger charge is -2.29. The zero-order valence-electron chi connectivity index (χ0n) is 23.0. The van der Waals surface area contributed by atoms with Crippen molar-refractivity contribution in [1.82, 2.24) is 0 Å². The maximum Gasteiger partial charge on any atom is 0.343 e. The average Bonchev–Trinajstić information content (AvgIpc) is 2.95. The van der Waals surface area contributed by atoms with Gasteiger partial charge in [0.15, 0.2) is 0 Å². The van der Waals surface area contributed by atoms with Crippen LogP contribution in [-0.2, 0) is 9.53 Å². The van der Waals surface area contributed by atoms with E-state index < -0.39 is 0 Å². The highest BCUT2D eigenvalue weighted by Gasteiger charge is 2.22. The summed E-state index contributed by atoms with van der Waals surface area (Å²) < 4.78 is 16.3. The molecule has 0 heterocycles. The summed E-state index contributed by atoms with van der Waals surface area (Å²) in [4.78, 5) is 23.6. The van der Waals surface area contributed by atoms with Crippen molar-refractivity contribution in [1.29, 1.82) is 0 Å². The number of carbonyl (C=O) groups is 2. The van der Waals surface area contributed by atoms with Crippen molar-refractivity contribution in [2.24, 2.45) is 5.92 Å². The molecule has 0 atom stereocenters. The molecule has 0 unspecified atom stereocenters. The number of unbranched alkanes of at least 4 members (excludes halogenated alkanes) is 5. The van der Waals surface area contributed by atoms with E-state index in [1.807, 2.05) is 12.1 Å². The molecule has 1 saturated carbocycles. The second kappa shape index (κ2) is 16.7. The van der Waals surface area contributed by atoms with Crippen molar-refractivity contribution >= 4 is 11.9 Å². The molecule has 0 bridgehead atoms. The Hall–Kier alpha value is -3.08. The van der Waals surface area contributed by atoms with Crippen molar-refractivity contribution in [3.05, 3.63) is 72.3 Å². The minimum atomic E-state index is -0.376. The fraction of sp³-hybridized carbons (Fsp3) is 0.515. The smallest absolute Gasteiger partial charge is 0.343 e. The highest BCUT2D eigenvalue weighted by atomic mass is 16.5. The maximum absolute atomic E-state index is 12.6. The summed E-state index contributed by atoms with van der Waals surface area (Å²) >= 11 is 0. The van der Waals surface area contributed by atoms with Gasteiger partial charge in [-0.05, 0) is 105 Å². The molecule has 0 radical (unpaired) electrons. The predicted octanol–water partition coefficient (Wildman–Crippen LogP) is 8.43. The summed E-state index contributed by atoms with van der Waals surface area (Å²) in [6, 6.07) is 15.1. The Bertz CT molecular complexity index is 971. The molecule has 0 aliphatic heterocycles. The summed E-state index contributed by atoms with van der Waals surface area (Å²) in [5.74, 6) is 2.09. The van der Waals surface area contributed by atoms with Gasteiger partial charge in [-0.25, -0.2) is 9.59 Å². The van der Waals surface area contributed by atoms with Crippen molar-refractivity contribution in [3.63, 3.8) is 0 Å². The number of benzene rings is 2. The van der Waals surface area contributed by atoms with Crippen LogP contribution in [0, 0.1) is 5.92 Å². The van der Waals surface area contributed by atoms with Gasteiger partial charge in [-0.15, -0.1) is 0 Å². The maximum atomic E-state index is 12.6. The van der Waals surface area contributed by atoms with Crippen LogP contribution in [0.4, 0.5) is 0 Å². The Morgan fingerprint density at radius 2 is 1.47 bits per heavy atom. The number of esters is 2. The van der Waals surface area contributed by atoms with Crippen molar-refractivity contribution in [3.8, 4) is 11.5 Å². The first-order valence-corrected chi connectivity index (χ1v) is 14.4. The lowest BCUT2D eigenvalue weighted by molar-refractivity contribution is -0.137. The first-order chi connectivity index (χ1) is 18.6. The van der Waals surface area contributed by atoms with Gasteiger partial charge in [-0.1, -0.05) is 51.3 Å². The Morgan fingerprint density at radius 3 is 2.13 bits per heavy atom. The molecule has 1 aliphatic rings. The van der Waals surface area contributed by atoms with E-state index >= 15 is 0 Å². The summed E-state index contributed by atoms with van der Waals surface area (Å²) in [6.07, 6.45) is 15.5. The quantitative estimate of drug-likeness (QED) is 0.0962. The zero-order chi connectivity index (χ0) is 27.0. The van der Waals surface area contributed by atoms with E-state index in [9.17, 15) is 9.59 Å². The third-order valence-electron chi connectivity index (χ3n) is 7.43. The van der Waals surface area contributed by atoms with Crippen molar-refractivity contribution in [2.45, 2.75) is 89.9 Å². The van der Waals surface area contributed by atoms with Crippen LogP contribution in [0.3, 0.4) is 0 Å². The predicted molar refractivity (Wildman–Crippen MR) is 152 cm³/mol. The standard InChI is InChI=1S/C33H44O5/c1-3-5-8-11-26-12-14-27(15-13-26)28-16-22-31(23-17-28)38-33(35)29-18-20-30(21-19-29)36-24-9-6-7-10-25-37-32(34)4-2/h4,16-23,26-27H,2-3,5-15,24-25H2,1H3. The Balaban J connectivity index is 1.33. The summed E-state index contributed by atoms with van der Waals surface area (Å²) in [6.45, 7) is 6.67. The average molecular weight is 521 g/mol. The van der Waals surface area contributed by atoms with Crippen molar-refractivity contribution < 1.29 is 23.8 Å². The van der Waals surface area contributed by atoms with E-state index in [1.165, 1.54) is 63.0 Å². The van der Waals surface area contributed by atoms with Gasteiger partial charge in [-0.2, -0.15) is 0 Å². The Morgan fingerprint density at radius 1 is 0.816 bits per heavy atom. The molecule has 3 rings (SSSR count). The van der Waals surface area contributed by atoms with Gasteiger partial charge in [0.05, 0.1) is 18.8 Å². The molecular formula is C33H44O5. The van der Waals surface area contributed by atoms with Gasteiger partial charge >= 0.3 is 11.9 Å². The summed E-state index contributed by atoms with van der Waals surface area (Å²) in [7, 11) is 0. The number of ether oxygens (including phenoxy) is 3. The van der Waals surface area contributed by atoms with Crippen LogP contribution in [0.5, 0.6) is 11.5 Å². The Kier molecular flexibility index (Phi) is 13.0. The zero-order valence-corrected chi connectivity index (χ0v) is 23.0. The Labute approximate surface area is 228 Å². The van der Waals surface area contributed by atoms with Crippen LogP contribution >= 0.6 is 0 Å². The molecule has 1 aliphatic carbocycles. The van der Waals surface area contributed by atoms with E-state index in [4.69, 9.17) is 14.2 Å². The molecule has 206 valence electrons. The van der Waals surface area contributed by atoms with Crippen LogP contribution < -0.4 is 9.47 Å². The second-order valence-electron chi connectivity index (χ2n) is 10.3. The molecule has 2 aromatic carbocycles. The molecule has 0 N–H and O–H groups in total. The highest BCUT2D eigenvalue weighted by molar-refractivity contribution is 5.91. The molecule has 1 fully saturated rings. The topological polar surface area (TPSA) is 61.8 Å². The minimum absolute atomic E-state index is 0.367. The monoisotopic (exact) mass is 520 g/mol. The van der Waals surface area contributed by atoms with E-state index in [-0.39, 0.29) is 11.9 Å². The van der Waals surface area contributed by atoms with Gasteiger partial charge in [0.1, 0.15) is 11.5 Å². The van der Waals surface area contributed by atoms with Gasteiger partial charge < -0.3 is 14.2 Å². The molecule has 5 nitrogen and oxygen atoms in total. The molecule has 0 aromatic heterocycles. The fourth-order valence-corrected chi connectivity index (χ4v) is 5.11. The van der Waals surface area contributed by atoms with E-state index in [2.05, 4.69) is 25.6 Å². The molecule has 38 heavy (non-hydrogen) atoms. The largest absolute Gasteiger partial charge is 0.494 e. The molecular weight excluding hydrogens is 476 g/mol. The minimum Gasteiger partial charge on any atom is -0.494 e. The number of hydrogen-bond acceptors (Lipinski definition) is 5. The van der Waals surface area contributed by atoms with Crippen molar-refractivity contribution in [2.75, 3.05) is 13.2 Å². The van der Waals surface area contributed by atoms with Crippen LogP contribution in [0.2, 0.25) is 0 Å². The SMILES string of the molecule is C=CC(=O)OCCCCCCOc1ccc(C(=O)Oc2ccc(C3CCC(CCCCC)CC3)cc2)cc1. The first kappa shape index (κ1) is 29.5. The van der Waals surface area contributed by atoms with Crippen LogP contribution in [0.1, 0.15) is 106 Å². The van der Waals surface area contributed by atoms with E-state index in [0.29, 0.717) is 30.4 Å². The third kappa shape index (κ3) is 10.4. The molecule has 5 heteroatoms. The van der Waals surface area contributed by atoms with Crippen LogP contribution in [-0.4, -0.2) is 25.2 Å². The van der Waals surface area contributed by atoms with Gasteiger partial charge in [-0.3, -0.25) is 0 Å². The number of carbonyl (C=O) groups excluding carboxylic acids is 2. The van der Waals surface area contributed by atoms with Gasteiger partial charge in [0.2, 0.25) is 0 Å². The normalized spacial score (nSPS) is 17.0. The summed E-state index contributed by atoms with van der Waals surface area (Å²) in [5, 5.41) is 0. The van der Waals surface area contributed by atoms with Crippen LogP contribution in [0.15, 0.2) is 61.2 Å². The highest BCUT2D eigenvalue weighted by Crippen LogP contribution is 2.38. The van der Waals surface area contributed by atoms with E-state index in [1.54, 1.807) is 24.3 Å².